The molecular formula is C21H20ClNO4. The molecule has 2 saturated carbocycles. The average molecular weight is 386 g/mol. The average Bonchev–Trinajstić information content (AvgIpc) is 3.45. The van der Waals surface area contributed by atoms with E-state index in [2.05, 4.69) is 12.2 Å². The Bertz CT molecular complexity index is 829. The molecule has 27 heavy (non-hydrogen) atoms. The first-order valence-corrected chi connectivity index (χ1v) is 9.86. The van der Waals surface area contributed by atoms with Gasteiger partial charge >= 0.3 is 5.97 Å². The normalized spacial score (nSPS) is 35.2. The molecule has 1 saturated heterocycles. The molecule has 1 aromatic carbocycles. The van der Waals surface area contributed by atoms with Gasteiger partial charge < -0.3 is 4.74 Å². The molecule has 6 rings (SSSR count). The zero-order chi connectivity index (χ0) is 18.7. The fraction of sp³-hybridized carbons (Fsp3) is 0.476. The lowest BCUT2D eigenvalue weighted by Gasteiger charge is -2.37. The fourth-order valence-corrected chi connectivity index (χ4v) is 5.48. The van der Waals surface area contributed by atoms with E-state index >= 15 is 0 Å². The lowest BCUT2D eigenvalue weighted by atomic mass is 9.63. The zero-order valence-corrected chi connectivity index (χ0v) is 15.5. The maximum atomic E-state index is 12.8. The molecule has 2 bridgehead atoms. The van der Waals surface area contributed by atoms with Crippen molar-refractivity contribution in [3.8, 4) is 0 Å². The SMILES string of the molecule is O=C(CCN1C(=O)[C@H]2[C@@H]3C=C[C@@H]([C@H]4C[C@H]34)[C@@H]2C1=O)OCc1ccccc1Cl. The van der Waals surface area contributed by atoms with Crippen molar-refractivity contribution in [3.63, 3.8) is 0 Å². The van der Waals surface area contributed by atoms with Crippen LogP contribution in [0.5, 0.6) is 0 Å². The van der Waals surface area contributed by atoms with Gasteiger partial charge in [0, 0.05) is 17.1 Å². The second-order valence-corrected chi connectivity index (χ2v) is 8.39. The van der Waals surface area contributed by atoms with Crippen molar-refractivity contribution in [3.05, 3.63) is 47.0 Å². The Hall–Kier alpha value is -2.14. The van der Waals surface area contributed by atoms with Gasteiger partial charge in [0.2, 0.25) is 11.8 Å². The number of likely N-dealkylation sites (tertiary alicyclic amines) is 1. The highest BCUT2D eigenvalue weighted by Crippen LogP contribution is 2.65. The molecule has 0 spiro atoms. The van der Waals surface area contributed by atoms with Crippen molar-refractivity contribution in [1.29, 1.82) is 0 Å². The van der Waals surface area contributed by atoms with Gasteiger partial charge in [-0.3, -0.25) is 19.3 Å². The Morgan fingerprint density at radius 2 is 1.70 bits per heavy atom. The summed E-state index contributed by atoms with van der Waals surface area (Å²) in [5.74, 6) is 0.511. The third kappa shape index (κ3) is 2.63. The maximum absolute atomic E-state index is 12.8. The molecule has 5 nitrogen and oxygen atoms in total. The predicted molar refractivity (Wildman–Crippen MR) is 97.3 cm³/mol. The third-order valence-electron chi connectivity index (χ3n) is 6.64. The smallest absolute Gasteiger partial charge is 0.307 e. The summed E-state index contributed by atoms with van der Waals surface area (Å²) in [5.41, 5.74) is 0.730. The monoisotopic (exact) mass is 385 g/mol. The molecule has 1 aromatic rings. The largest absolute Gasteiger partial charge is 0.461 e. The highest BCUT2D eigenvalue weighted by molar-refractivity contribution is 6.31. The summed E-state index contributed by atoms with van der Waals surface area (Å²) in [4.78, 5) is 39.1. The van der Waals surface area contributed by atoms with Crippen molar-refractivity contribution >= 4 is 29.4 Å². The van der Waals surface area contributed by atoms with Gasteiger partial charge in [-0.25, -0.2) is 0 Å². The number of imide groups is 1. The number of carbonyl (C=O) groups excluding carboxylic acids is 3. The number of hydrogen-bond donors (Lipinski definition) is 0. The summed E-state index contributed by atoms with van der Waals surface area (Å²) in [6, 6.07) is 7.16. The third-order valence-corrected chi connectivity index (χ3v) is 7.01. The van der Waals surface area contributed by atoms with Gasteiger partial charge in [0.1, 0.15) is 6.61 Å². The van der Waals surface area contributed by atoms with Gasteiger partial charge in [0.05, 0.1) is 18.3 Å². The first-order valence-electron chi connectivity index (χ1n) is 9.49. The van der Waals surface area contributed by atoms with Gasteiger partial charge in [-0.05, 0) is 36.2 Å². The van der Waals surface area contributed by atoms with Gasteiger partial charge in [-0.2, -0.15) is 0 Å². The molecule has 2 amide bonds. The van der Waals surface area contributed by atoms with Gasteiger partial charge in [-0.15, -0.1) is 0 Å². The number of amides is 2. The minimum atomic E-state index is -0.436. The molecule has 1 heterocycles. The number of carbonyl (C=O) groups is 3. The highest BCUT2D eigenvalue weighted by Gasteiger charge is 2.66. The van der Waals surface area contributed by atoms with Crippen LogP contribution in [0.25, 0.3) is 0 Å². The van der Waals surface area contributed by atoms with Crippen molar-refractivity contribution in [2.75, 3.05) is 6.54 Å². The summed E-state index contributed by atoms with van der Waals surface area (Å²) >= 11 is 6.05. The zero-order valence-electron chi connectivity index (χ0n) is 14.7. The molecule has 1 aliphatic heterocycles. The van der Waals surface area contributed by atoms with Crippen LogP contribution in [0.1, 0.15) is 18.4 Å². The van der Waals surface area contributed by atoms with Gasteiger partial charge in [-0.1, -0.05) is 42.0 Å². The minimum Gasteiger partial charge on any atom is -0.461 e. The number of halogens is 1. The van der Waals surface area contributed by atoms with E-state index in [1.165, 1.54) is 4.90 Å². The van der Waals surface area contributed by atoms with Gasteiger partial charge in [0.15, 0.2) is 0 Å². The summed E-state index contributed by atoms with van der Waals surface area (Å²) in [6.07, 6.45) is 5.44. The first kappa shape index (κ1) is 17.0. The van der Waals surface area contributed by atoms with E-state index in [4.69, 9.17) is 16.3 Å². The Balaban J connectivity index is 1.20. The maximum Gasteiger partial charge on any atom is 0.307 e. The molecular weight excluding hydrogens is 366 g/mol. The molecule has 6 heteroatoms. The standard InChI is InChI=1S/C21H20ClNO4/c22-16-4-2-1-3-11(16)10-27-17(24)7-8-23-20(25)18-12-5-6-13(15-9-14(12)15)19(18)21(23)26/h1-6,12-15,18-19H,7-10H2/t12-,13+,14-,15-,18+,19+/m1/s1. The summed E-state index contributed by atoms with van der Waals surface area (Å²) in [6.45, 7) is 0.184. The van der Waals surface area contributed by atoms with Crippen LogP contribution in [0.15, 0.2) is 36.4 Å². The number of allylic oxidation sites excluding steroid dienone is 2. The van der Waals surface area contributed by atoms with Crippen LogP contribution in [0, 0.1) is 35.5 Å². The van der Waals surface area contributed by atoms with Crippen LogP contribution in [-0.2, 0) is 25.7 Å². The van der Waals surface area contributed by atoms with Crippen LogP contribution < -0.4 is 0 Å². The number of esters is 1. The quantitative estimate of drug-likeness (QED) is 0.444. The lowest BCUT2D eigenvalue weighted by molar-refractivity contribution is -0.146. The van der Waals surface area contributed by atoms with Crippen molar-refractivity contribution in [1.82, 2.24) is 4.90 Å². The fourth-order valence-electron chi connectivity index (χ4n) is 5.29. The topological polar surface area (TPSA) is 63.7 Å². The molecule has 5 aliphatic rings. The molecule has 3 fully saturated rings. The number of benzene rings is 1. The predicted octanol–water partition coefficient (Wildman–Crippen LogP) is 2.83. The van der Waals surface area contributed by atoms with E-state index in [9.17, 15) is 14.4 Å². The molecule has 6 atom stereocenters. The first-order chi connectivity index (χ1) is 13.1. The molecule has 0 unspecified atom stereocenters. The summed E-state index contributed by atoms with van der Waals surface area (Å²) < 4.78 is 5.25. The van der Waals surface area contributed by atoms with Crippen LogP contribution in [0.2, 0.25) is 5.02 Å². The summed E-state index contributed by atoms with van der Waals surface area (Å²) in [7, 11) is 0. The number of nitrogens with zero attached hydrogens (tertiary/aromatic N) is 1. The van der Waals surface area contributed by atoms with E-state index < -0.39 is 5.97 Å². The van der Waals surface area contributed by atoms with Crippen LogP contribution in [0.3, 0.4) is 0 Å². The van der Waals surface area contributed by atoms with E-state index in [1.807, 2.05) is 12.1 Å². The van der Waals surface area contributed by atoms with Crippen LogP contribution in [-0.4, -0.2) is 29.2 Å². The Labute approximate surface area is 162 Å². The number of ether oxygens (including phenoxy) is 1. The molecule has 0 N–H and O–H groups in total. The van der Waals surface area contributed by atoms with Crippen molar-refractivity contribution in [2.24, 2.45) is 35.5 Å². The highest BCUT2D eigenvalue weighted by atomic mass is 35.5. The van der Waals surface area contributed by atoms with E-state index in [0.29, 0.717) is 16.9 Å². The number of hydrogen-bond acceptors (Lipinski definition) is 4. The second-order valence-electron chi connectivity index (χ2n) is 7.98. The molecule has 140 valence electrons. The molecule has 4 aliphatic carbocycles. The van der Waals surface area contributed by atoms with E-state index in [-0.39, 0.29) is 55.1 Å². The van der Waals surface area contributed by atoms with Crippen molar-refractivity contribution < 1.29 is 19.1 Å². The van der Waals surface area contributed by atoms with Crippen LogP contribution in [0.4, 0.5) is 0 Å². The van der Waals surface area contributed by atoms with E-state index in [1.54, 1.807) is 12.1 Å². The van der Waals surface area contributed by atoms with Crippen LogP contribution >= 0.6 is 11.6 Å². The molecule has 0 radical (unpaired) electrons. The van der Waals surface area contributed by atoms with Gasteiger partial charge in [0.25, 0.3) is 0 Å². The minimum absolute atomic E-state index is 0.0109. The Morgan fingerprint density at radius 1 is 1.07 bits per heavy atom. The van der Waals surface area contributed by atoms with Crippen molar-refractivity contribution in [2.45, 2.75) is 19.4 Å². The Morgan fingerprint density at radius 3 is 2.33 bits per heavy atom. The number of rotatable bonds is 5. The lowest BCUT2D eigenvalue weighted by Crippen LogP contribution is -2.40. The summed E-state index contributed by atoms with van der Waals surface area (Å²) in [5, 5.41) is 0.542. The molecule has 0 aromatic heterocycles. The van der Waals surface area contributed by atoms with E-state index in [0.717, 1.165) is 12.0 Å². The Kier molecular flexibility index (Phi) is 3.90. The second kappa shape index (κ2) is 6.20.